The average Bonchev–Trinajstić information content (AvgIpc) is 2.98. The Hall–Kier alpha value is -0.380. The first-order valence-electron chi connectivity index (χ1n) is 13.0. The second-order valence-electron chi connectivity index (χ2n) is 12.6. The minimum atomic E-state index is -0.138. The summed E-state index contributed by atoms with van der Waals surface area (Å²) >= 11 is 0. The van der Waals surface area contributed by atoms with Gasteiger partial charge in [-0.1, -0.05) is 39.3 Å². The monoisotopic (exact) mass is 415 g/mol. The van der Waals surface area contributed by atoms with Gasteiger partial charge in [-0.25, -0.2) is 0 Å². The van der Waals surface area contributed by atoms with Crippen molar-refractivity contribution >= 4 is 0 Å². The Bertz CT molecular complexity index is 682. The molecular weight excluding hydrogens is 370 g/mol. The maximum Gasteiger partial charge on any atom is 0.0579 e. The predicted molar refractivity (Wildman–Crippen MR) is 122 cm³/mol. The van der Waals surface area contributed by atoms with E-state index in [1.807, 2.05) is 0 Å². The fourth-order valence-corrected chi connectivity index (χ4v) is 9.36. The molecule has 0 amide bonds. The van der Waals surface area contributed by atoms with Gasteiger partial charge in [-0.15, -0.1) is 0 Å². The van der Waals surface area contributed by atoms with Gasteiger partial charge in [0, 0.05) is 6.04 Å². The van der Waals surface area contributed by atoms with E-state index in [9.17, 15) is 10.2 Å². The normalized spacial score (nSPS) is 54.5. The van der Waals surface area contributed by atoms with Crippen molar-refractivity contribution in [1.29, 1.82) is 0 Å². The maximum absolute atomic E-state index is 11.4. The van der Waals surface area contributed by atoms with E-state index >= 15 is 0 Å². The molecule has 11 atom stereocenters. The quantitative estimate of drug-likeness (QED) is 0.561. The zero-order valence-corrected chi connectivity index (χ0v) is 19.7. The Morgan fingerprint density at radius 3 is 2.60 bits per heavy atom. The second-order valence-corrected chi connectivity index (χ2v) is 12.6. The molecule has 0 unspecified atom stereocenters. The minimum Gasteiger partial charge on any atom is -0.393 e. The number of aliphatic hydroxyl groups excluding tert-OH is 2. The first-order valence-corrected chi connectivity index (χ1v) is 13.0. The molecule has 0 aromatic rings. The smallest absolute Gasteiger partial charge is 0.0579 e. The molecule has 1 aliphatic heterocycles. The summed E-state index contributed by atoms with van der Waals surface area (Å²) in [5.41, 5.74) is 2.12. The third-order valence-corrected chi connectivity index (χ3v) is 11.1. The van der Waals surface area contributed by atoms with Gasteiger partial charge < -0.3 is 15.5 Å². The molecule has 3 N–H and O–H groups in total. The molecule has 0 aromatic heterocycles. The van der Waals surface area contributed by atoms with Crippen molar-refractivity contribution in [3.05, 3.63) is 11.6 Å². The van der Waals surface area contributed by atoms with E-state index < -0.39 is 0 Å². The van der Waals surface area contributed by atoms with Crippen LogP contribution in [0.25, 0.3) is 0 Å². The summed E-state index contributed by atoms with van der Waals surface area (Å²) in [4.78, 5) is 0. The summed E-state index contributed by atoms with van der Waals surface area (Å²) in [6.45, 7) is 11.0. The number of hydrogen-bond donors (Lipinski definition) is 3. The highest BCUT2D eigenvalue weighted by Crippen LogP contribution is 2.67. The zero-order valence-electron chi connectivity index (χ0n) is 19.7. The number of piperidine rings is 1. The molecule has 5 aliphatic rings. The van der Waals surface area contributed by atoms with Crippen LogP contribution in [0, 0.1) is 46.3 Å². The van der Waals surface area contributed by atoms with Crippen LogP contribution in [0.15, 0.2) is 11.6 Å². The summed E-state index contributed by atoms with van der Waals surface area (Å²) in [6, 6.07) is 0.573. The van der Waals surface area contributed by atoms with Gasteiger partial charge in [0.15, 0.2) is 0 Å². The van der Waals surface area contributed by atoms with E-state index in [2.05, 4.69) is 39.1 Å². The number of rotatable bonds is 2. The maximum atomic E-state index is 11.4. The number of nitrogens with one attached hydrogen (secondary N) is 1. The van der Waals surface area contributed by atoms with Crippen molar-refractivity contribution in [3.63, 3.8) is 0 Å². The molecule has 170 valence electrons. The fraction of sp³-hybridized carbons (Fsp3) is 0.926. The molecule has 4 fully saturated rings. The van der Waals surface area contributed by atoms with E-state index in [0.29, 0.717) is 29.2 Å². The lowest BCUT2D eigenvalue weighted by Gasteiger charge is -2.58. The summed E-state index contributed by atoms with van der Waals surface area (Å²) in [7, 11) is 0. The van der Waals surface area contributed by atoms with Gasteiger partial charge in [0.1, 0.15) is 0 Å². The van der Waals surface area contributed by atoms with Gasteiger partial charge in [0.2, 0.25) is 0 Å². The standard InChI is InChI=1S/C27H45NO2/c1-16-5-8-23(28-15-16)17(2)25-24(30)14-22-20-7-6-18-13-19(29)9-11-26(18,3)21(20)10-12-27(22,25)4/h6,16-17,19-25,28-30H,5,7-15H2,1-4H3/t16-,17-,19+,20-,21+,22-,23-,24-,25+,26+,27+/m1/s1. The molecule has 5 rings (SSSR count). The van der Waals surface area contributed by atoms with Crippen LogP contribution in [0.3, 0.4) is 0 Å². The molecular formula is C27H45NO2. The molecule has 3 heteroatoms. The lowest BCUT2D eigenvalue weighted by Crippen LogP contribution is -2.53. The van der Waals surface area contributed by atoms with Gasteiger partial charge in [-0.3, -0.25) is 0 Å². The van der Waals surface area contributed by atoms with Crippen LogP contribution in [-0.2, 0) is 0 Å². The van der Waals surface area contributed by atoms with Crippen LogP contribution in [0.2, 0.25) is 0 Å². The van der Waals surface area contributed by atoms with Gasteiger partial charge in [-0.2, -0.15) is 0 Å². The van der Waals surface area contributed by atoms with E-state index in [0.717, 1.165) is 50.0 Å². The minimum absolute atomic E-state index is 0.126. The molecule has 30 heavy (non-hydrogen) atoms. The first-order chi connectivity index (χ1) is 14.2. The SMILES string of the molecule is C[C@@H]1CC[C@H]([C@@H](C)[C@H]2[C@H](O)C[C@@H]3[C@@H]4CC=C5C[C@@H](O)CC[C@]5(C)[C@H]4CC[C@]23C)NC1. The van der Waals surface area contributed by atoms with Crippen LogP contribution in [0.1, 0.15) is 85.5 Å². The Labute approximate surface area is 184 Å². The third kappa shape index (κ3) is 3.17. The fourth-order valence-electron chi connectivity index (χ4n) is 9.36. The van der Waals surface area contributed by atoms with E-state index in [1.54, 1.807) is 5.57 Å². The number of allylic oxidation sites excluding steroid dienone is 1. The van der Waals surface area contributed by atoms with Crippen molar-refractivity contribution in [1.82, 2.24) is 5.32 Å². The molecule has 0 bridgehead atoms. The number of fused-ring (bicyclic) bond motifs is 5. The number of aliphatic hydroxyl groups is 2. The molecule has 1 saturated heterocycles. The Kier molecular flexibility index (Phi) is 5.43. The average molecular weight is 416 g/mol. The van der Waals surface area contributed by atoms with Crippen LogP contribution >= 0.6 is 0 Å². The van der Waals surface area contributed by atoms with Crippen molar-refractivity contribution in [2.24, 2.45) is 46.3 Å². The first kappa shape index (κ1) is 21.5. The lowest BCUT2D eigenvalue weighted by atomic mass is 9.47. The third-order valence-electron chi connectivity index (χ3n) is 11.1. The van der Waals surface area contributed by atoms with Gasteiger partial charge >= 0.3 is 0 Å². The molecule has 0 aromatic carbocycles. The van der Waals surface area contributed by atoms with Crippen LogP contribution in [0.5, 0.6) is 0 Å². The highest BCUT2D eigenvalue weighted by molar-refractivity contribution is 5.25. The second kappa shape index (κ2) is 7.59. The Balaban J connectivity index is 1.39. The Morgan fingerprint density at radius 2 is 1.87 bits per heavy atom. The molecule has 1 heterocycles. The summed E-state index contributed by atoms with van der Waals surface area (Å²) in [5.74, 6) is 3.90. The van der Waals surface area contributed by atoms with Gasteiger partial charge in [0.25, 0.3) is 0 Å². The van der Waals surface area contributed by atoms with E-state index in [4.69, 9.17) is 0 Å². The Morgan fingerprint density at radius 1 is 1.07 bits per heavy atom. The van der Waals surface area contributed by atoms with Crippen molar-refractivity contribution < 1.29 is 10.2 Å². The van der Waals surface area contributed by atoms with Crippen molar-refractivity contribution in [3.8, 4) is 0 Å². The summed E-state index contributed by atoms with van der Waals surface area (Å²) < 4.78 is 0. The highest BCUT2D eigenvalue weighted by Gasteiger charge is 2.62. The number of hydrogen-bond acceptors (Lipinski definition) is 3. The van der Waals surface area contributed by atoms with E-state index in [1.165, 1.54) is 32.1 Å². The van der Waals surface area contributed by atoms with Crippen LogP contribution < -0.4 is 5.32 Å². The van der Waals surface area contributed by atoms with E-state index in [-0.39, 0.29) is 17.6 Å². The van der Waals surface area contributed by atoms with Crippen LogP contribution in [-0.4, -0.2) is 35.0 Å². The van der Waals surface area contributed by atoms with Crippen LogP contribution in [0.4, 0.5) is 0 Å². The zero-order chi connectivity index (χ0) is 21.3. The molecule has 4 aliphatic carbocycles. The van der Waals surface area contributed by atoms with Crippen molar-refractivity contribution in [2.75, 3.05) is 6.54 Å². The molecule has 3 nitrogen and oxygen atoms in total. The summed E-state index contributed by atoms with van der Waals surface area (Å²) in [5, 5.41) is 25.5. The molecule has 3 saturated carbocycles. The molecule has 0 spiro atoms. The lowest BCUT2D eigenvalue weighted by molar-refractivity contribution is -0.0655. The molecule has 0 radical (unpaired) electrons. The van der Waals surface area contributed by atoms with Gasteiger partial charge in [0.05, 0.1) is 12.2 Å². The van der Waals surface area contributed by atoms with Crippen molar-refractivity contribution in [2.45, 2.75) is 104 Å². The highest BCUT2D eigenvalue weighted by atomic mass is 16.3. The largest absolute Gasteiger partial charge is 0.393 e. The van der Waals surface area contributed by atoms with Gasteiger partial charge in [-0.05, 0) is 111 Å². The topological polar surface area (TPSA) is 52.5 Å². The summed E-state index contributed by atoms with van der Waals surface area (Å²) in [6.07, 6.45) is 12.6. The predicted octanol–water partition coefficient (Wildman–Crippen LogP) is 4.92.